The maximum atomic E-state index is 12.0. The van der Waals surface area contributed by atoms with Gasteiger partial charge in [0, 0.05) is 39.3 Å². The highest BCUT2D eigenvalue weighted by atomic mass is 16.2. The number of nitrogens with zero attached hydrogens (tertiary/aromatic N) is 3. The third kappa shape index (κ3) is 4.08. The van der Waals surface area contributed by atoms with Crippen LogP contribution < -0.4 is 10.6 Å². The maximum absolute atomic E-state index is 12.0. The molecule has 0 unspecified atom stereocenters. The lowest BCUT2D eigenvalue weighted by molar-refractivity contribution is -0.131. The van der Waals surface area contributed by atoms with Gasteiger partial charge in [-0.1, -0.05) is 0 Å². The average Bonchev–Trinajstić information content (AvgIpc) is 2.48. The molecule has 2 rings (SSSR count). The van der Waals surface area contributed by atoms with Crippen LogP contribution in [0.2, 0.25) is 0 Å². The molecule has 2 heterocycles. The number of carbonyl (C=O) groups excluding carboxylic acids is 1. The van der Waals surface area contributed by atoms with Gasteiger partial charge in [0.2, 0.25) is 11.9 Å². The molecule has 2 N–H and O–H groups in total. The molecule has 1 amide bonds. The van der Waals surface area contributed by atoms with Gasteiger partial charge in [0.05, 0.1) is 0 Å². The molecule has 0 atom stereocenters. The summed E-state index contributed by atoms with van der Waals surface area (Å²) in [7, 11) is 1.78. The van der Waals surface area contributed by atoms with E-state index in [9.17, 15) is 4.79 Å². The zero-order valence-electron chi connectivity index (χ0n) is 11.4. The molecule has 1 aliphatic heterocycles. The minimum atomic E-state index is 0.232. The predicted octanol–water partition coefficient (Wildman–Crippen LogP) is 1.33. The summed E-state index contributed by atoms with van der Waals surface area (Å²) < 4.78 is 0. The molecule has 0 saturated carbocycles. The van der Waals surface area contributed by atoms with Crippen molar-refractivity contribution in [2.45, 2.75) is 25.7 Å². The van der Waals surface area contributed by atoms with E-state index in [-0.39, 0.29) is 5.91 Å². The Morgan fingerprint density at radius 1 is 1.37 bits per heavy atom. The van der Waals surface area contributed by atoms with Crippen molar-refractivity contribution in [1.82, 2.24) is 14.9 Å². The first-order chi connectivity index (χ1) is 9.29. The normalized spacial score (nSPS) is 15.1. The molecule has 0 bridgehead atoms. The van der Waals surface area contributed by atoms with Crippen LogP contribution >= 0.6 is 0 Å². The number of likely N-dealkylation sites (tertiary alicyclic amines) is 1. The van der Waals surface area contributed by atoms with E-state index in [1.54, 1.807) is 19.3 Å². The molecule has 1 fully saturated rings. The summed E-state index contributed by atoms with van der Waals surface area (Å²) in [6, 6.07) is 1.80. The molecule has 19 heavy (non-hydrogen) atoms. The average molecular weight is 263 g/mol. The maximum Gasteiger partial charge on any atom is 0.224 e. The van der Waals surface area contributed by atoms with Gasteiger partial charge in [-0.25, -0.2) is 4.98 Å². The monoisotopic (exact) mass is 263 g/mol. The Hall–Kier alpha value is -1.85. The largest absolute Gasteiger partial charge is 0.369 e. The van der Waals surface area contributed by atoms with Crippen LogP contribution in [0.25, 0.3) is 0 Å². The van der Waals surface area contributed by atoms with Gasteiger partial charge in [0.1, 0.15) is 5.82 Å². The zero-order chi connectivity index (χ0) is 13.5. The smallest absolute Gasteiger partial charge is 0.224 e. The van der Waals surface area contributed by atoms with E-state index >= 15 is 0 Å². The van der Waals surface area contributed by atoms with E-state index in [1.165, 1.54) is 6.42 Å². The second-order valence-electron chi connectivity index (χ2n) is 4.63. The van der Waals surface area contributed by atoms with Crippen molar-refractivity contribution >= 4 is 17.7 Å². The summed E-state index contributed by atoms with van der Waals surface area (Å²) in [5, 5.41) is 6.03. The highest BCUT2D eigenvalue weighted by Gasteiger charge is 2.15. The van der Waals surface area contributed by atoms with Gasteiger partial charge in [0.15, 0.2) is 0 Å². The third-order valence-corrected chi connectivity index (χ3v) is 3.23. The highest BCUT2D eigenvalue weighted by molar-refractivity contribution is 5.76. The van der Waals surface area contributed by atoms with E-state index in [4.69, 9.17) is 0 Å². The number of hydrogen-bond donors (Lipinski definition) is 2. The van der Waals surface area contributed by atoms with Gasteiger partial charge >= 0.3 is 0 Å². The predicted molar refractivity (Wildman–Crippen MR) is 75.1 cm³/mol. The van der Waals surface area contributed by atoms with Gasteiger partial charge in [-0.3, -0.25) is 4.79 Å². The molecule has 0 radical (unpaired) electrons. The van der Waals surface area contributed by atoms with Crippen LogP contribution in [0.3, 0.4) is 0 Å². The van der Waals surface area contributed by atoms with Crippen LogP contribution in [0.1, 0.15) is 25.7 Å². The molecule has 6 nitrogen and oxygen atoms in total. The van der Waals surface area contributed by atoms with Crippen LogP contribution in [0.15, 0.2) is 12.3 Å². The van der Waals surface area contributed by atoms with Crippen LogP contribution in [-0.4, -0.2) is 47.5 Å². The van der Waals surface area contributed by atoms with Gasteiger partial charge in [-0.2, -0.15) is 4.98 Å². The Labute approximate surface area is 113 Å². The molecular weight excluding hydrogens is 242 g/mol. The van der Waals surface area contributed by atoms with Gasteiger partial charge in [-0.15, -0.1) is 0 Å². The Bertz CT molecular complexity index is 417. The van der Waals surface area contributed by atoms with Crippen LogP contribution in [-0.2, 0) is 4.79 Å². The number of piperidine rings is 1. The Morgan fingerprint density at radius 2 is 2.16 bits per heavy atom. The topological polar surface area (TPSA) is 70.2 Å². The number of hydrogen-bond acceptors (Lipinski definition) is 5. The third-order valence-electron chi connectivity index (χ3n) is 3.23. The van der Waals surface area contributed by atoms with Crippen LogP contribution in [0, 0.1) is 0 Å². The fourth-order valence-corrected chi connectivity index (χ4v) is 2.18. The van der Waals surface area contributed by atoms with E-state index in [0.717, 1.165) is 31.7 Å². The molecule has 1 saturated heterocycles. The van der Waals surface area contributed by atoms with Gasteiger partial charge < -0.3 is 15.5 Å². The molecule has 1 aromatic heterocycles. The Morgan fingerprint density at radius 3 is 2.89 bits per heavy atom. The van der Waals surface area contributed by atoms with Crippen molar-refractivity contribution in [1.29, 1.82) is 0 Å². The summed E-state index contributed by atoms with van der Waals surface area (Å²) in [4.78, 5) is 22.2. The number of carbonyl (C=O) groups is 1. The van der Waals surface area contributed by atoms with Crippen molar-refractivity contribution in [2.24, 2.45) is 0 Å². The second-order valence-corrected chi connectivity index (χ2v) is 4.63. The van der Waals surface area contributed by atoms with E-state index in [2.05, 4.69) is 20.6 Å². The Kier molecular flexibility index (Phi) is 4.94. The van der Waals surface area contributed by atoms with Crippen LogP contribution in [0.4, 0.5) is 11.8 Å². The summed E-state index contributed by atoms with van der Waals surface area (Å²) in [5.74, 6) is 1.55. The number of aromatic nitrogens is 2. The summed E-state index contributed by atoms with van der Waals surface area (Å²) in [6.45, 7) is 2.43. The lowest BCUT2D eigenvalue weighted by Gasteiger charge is -2.26. The van der Waals surface area contributed by atoms with Crippen molar-refractivity contribution in [3.63, 3.8) is 0 Å². The lowest BCUT2D eigenvalue weighted by atomic mass is 10.1. The highest BCUT2D eigenvalue weighted by Crippen LogP contribution is 2.10. The first-order valence-corrected chi connectivity index (χ1v) is 6.82. The fraction of sp³-hybridized carbons (Fsp3) is 0.615. The van der Waals surface area contributed by atoms with Crippen molar-refractivity contribution in [2.75, 3.05) is 37.3 Å². The van der Waals surface area contributed by atoms with Crippen LogP contribution in [0.5, 0.6) is 0 Å². The quantitative estimate of drug-likeness (QED) is 0.838. The lowest BCUT2D eigenvalue weighted by Crippen LogP contribution is -2.36. The fourth-order valence-electron chi connectivity index (χ4n) is 2.18. The first kappa shape index (κ1) is 13.6. The summed E-state index contributed by atoms with van der Waals surface area (Å²) >= 11 is 0. The molecule has 6 heteroatoms. The standard InChI is InChI=1S/C13H21N5O/c1-14-13-16-7-5-11(17-13)15-8-6-12(19)18-9-3-2-4-10-18/h5,7H,2-4,6,8-10H2,1H3,(H2,14,15,16,17). The van der Waals surface area contributed by atoms with Crippen molar-refractivity contribution < 1.29 is 4.79 Å². The number of rotatable bonds is 5. The minimum Gasteiger partial charge on any atom is -0.369 e. The minimum absolute atomic E-state index is 0.232. The van der Waals surface area contributed by atoms with E-state index in [0.29, 0.717) is 18.9 Å². The molecule has 0 aromatic carbocycles. The summed E-state index contributed by atoms with van der Waals surface area (Å²) in [6.07, 6.45) is 5.72. The number of amides is 1. The van der Waals surface area contributed by atoms with E-state index < -0.39 is 0 Å². The number of anilines is 2. The van der Waals surface area contributed by atoms with Crippen molar-refractivity contribution in [3.8, 4) is 0 Å². The number of nitrogens with one attached hydrogen (secondary N) is 2. The first-order valence-electron chi connectivity index (χ1n) is 6.82. The van der Waals surface area contributed by atoms with Gasteiger partial charge in [-0.05, 0) is 25.3 Å². The summed E-state index contributed by atoms with van der Waals surface area (Å²) in [5.41, 5.74) is 0. The second kappa shape index (κ2) is 6.92. The van der Waals surface area contributed by atoms with Crippen molar-refractivity contribution in [3.05, 3.63) is 12.3 Å². The molecule has 1 aromatic rings. The molecule has 0 spiro atoms. The zero-order valence-corrected chi connectivity index (χ0v) is 11.4. The van der Waals surface area contributed by atoms with E-state index in [1.807, 2.05) is 4.90 Å². The molecule has 104 valence electrons. The Balaban J connectivity index is 1.74. The molecule has 1 aliphatic rings. The SMILES string of the molecule is CNc1nccc(NCCC(=O)N2CCCCC2)n1. The van der Waals surface area contributed by atoms with Gasteiger partial charge in [0.25, 0.3) is 0 Å². The molecule has 0 aliphatic carbocycles. The molecular formula is C13H21N5O.